The molecule has 328 valence electrons. The van der Waals surface area contributed by atoms with Gasteiger partial charge in [0.1, 0.15) is 0 Å². The van der Waals surface area contributed by atoms with Crippen LogP contribution in [0.25, 0.3) is 92.8 Å². The van der Waals surface area contributed by atoms with Crippen molar-refractivity contribution in [1.29, 1.82) is 0 Å². The summed E-state index contributed by atoms with van der Waals surface area (Å²) in [5.74, 6) is 0. The van der Waals surface area contributed by atoms with E-state index in [1.54, 1.807) is 0 Å². The standard InChI is InChI=1S/C67H50N2/c1-65(2)56-36-52-46-25-12-10-23-44(46)43-22-9-11-24-45(43)51(52)35-53(56)54-37-59-62(38-57(54)65)68(61-33-40-19-8-7-18-39(40)32-58(61)66(59,3)4)41-20-17-21-42(34-41)69-60-29-16-14-27-48(60)50-31-30-49-47-26-13-15-28-55(47)67(5,6)63(49)64(50)69/h7-38H,1-6H3. The van der Waals surface area contributed by atoms with Crippen LogP contribution >= 0.6 is 0 Å². The first kappa shape index (κ1) is 39.1. The van der Waals surface area contributed by atoms with Crippen molar-refractivity contribution in [2.24, 2.45) is 0 Å². The fraction of sp³-hybridized carbons (Fsp3) is 0.134. The molecule has 0 amide bonds. The molecule has 3 aliphatic rings. The molecule has 12 aromatic rings. The minimum Gasteiger partial charge on any atom is -0.310 e. The van der Waals surface area contributed by atoms with Crippen LogP contribution in [0.1, 0.15) is 74.9 Å². The lowest BCUT2D eigenvalue weighted by Crippen LogP contribution is -2.31. The molecular weight excluding hydrogens is 833 g/mol. The van der Waals surface area contributed by atoms with E-state index in [0.717, 1.165) is 11.4 Å². The van der Waals surface area contributed by atoms with Gasteiger partial charge in [0.15, 0.2) is 0 Å². The van der Waals surface area contributed by atoms with Crippen LogP contribution in [0.4, 0.5) is 17.1 Å². The summed E-state index contributed by atoms with van der Waals surface area (Å²) < 4.78 is 2.57. The van der Waals surface area contributed by atoms with Gasteiger partial charge in [0.05, 0.1) is 22.4 Å². The molecule has 11 aromatic carbocycles. The molecule has 2 nitrogen and oxygen atoms in total. The molecule has 0 fully saturated rings. The van der Waals surface area contributed by atoms with Gasteiger partial charge >= 0.3 is 0 Å². The van der Waals surface area contributed by atoms with Gasteiger partial charge in [0, 0.05) is 38.4 Å². The molecule has 0 spiro atoms. The normalized spacial score (nSPS) is 15.7. The Hall–Kier alpha value is -7.94. The number of anilines is 3. The molecule has 15 rings (SSSR count). The first-order valence-corrected chi connectivity index (χ1v) is 24.7. The third-order valence-corrected chi connectivity index (χ3v) is 17.0. The number of fused-ring (bicyclic) bond motifs is 19. The van der Waals surface area contributed by atoms with Crippen LogP contribution in [0, 0.1) is 0 Å². The van der Waals surface area contributed by atoms with E-state index in [9.17, 15) is 0 Å². The van der Waals surface area contributed by atoms with Gasteiger partial charge in [0.25, 0.3) is 0 Å². The van der Waals surface area contributed by atoms with E-state index >= 15 is 0 Å². The molecule has 0 atom stereocenters. The number of hydrogen-bond donors (Lipinski definition) is 0. The maximum Gasteiger partial charge on any atom is 0.0588 e. The highest BCUT2D eigenvalue weighted by atomic mass is 15.2. The lowest BCUT2D eigenvalue weighted by molar-refractivity contribution is 0.628. The molecular formula is C67H50N2. The molecule has 69 heavy (non-hydrogen) atoms. The SMILES string of the molecule is CC1(C)c2cc3c(cc2-c2cc4c5ccccc5c5ccccc5c4cc21)C(C)(C)c1cc2ccccc2cc1N3c1cccc(-n2c3ccccc3c3ccc4c(c32)C(C)(C)c2ccccc2-4)c1. The van der Waals surface area contributed by atoms with E-state index in [2.05, 4.69) is 245 Å². The van der Waals surface area contributed by atoms with Crippen molar-refractivity contribution < 1.29 is 0 Å². The molecule has 2 heteroatoms. The van der Waals surface area contributed by atoms with Crippen molar-refractivity contribution in [1.82, 2.24) is 4.57 Å². The maximum absolute atomic E-state index is 2.60. The minimum atomic E-state index is -0.293. The topological polar surface area (TPSA) is 8.17 Å². The third-order valence-electron chi connectivity index (χ3n) is 17.0. The molecule has 1 aromatic heterocycles. The number of rotatable bonds is 2. The Kier molecular flexibility index (Phi) is 7.47. The van der Waals surface area contributed by atoms with Crippen molar-refractivity contribution in [3.8, 4) is 27.9 Å². The van der Waals surface area contributed by atoms with Gasteiger partial charge in [-0.05, 0) is 159 Å². The number of aromatic nitrogens is 1. The van der Waals surface area contributed by atoms with Crippen LogP contribution < -0.4 is 4.90 Å². The summed E-state index contributed by atoms with van der Waals surface area (Å²) in [5.41, 5.74) is 20.2. The Morgan fingerprint density at radius 1 is 0.304 bits per heavy atom. The van der Waals surface area contributed by atoms with E-state index in [4.69, 9.17) is 0 Å². The quantitative estimate of drug-likeness (QED) is 0.157. The van der Waals surface area contributed by atoms with Crippen molar-refractivity contribution in [3.05, 3.63) is 228 Å². The highest BCUT2D eigenvalue weighted by Crippen LogP contribution is 2.60. The largest absolute Gasteiger partial charge is 0.310 e. The second-order valence-corrected chi connectivity index (χ2v) is 21.7. The van der Waals surface area contributed by atoms with Gasteiger partial charge in [0.2, 0.25) is 0 Å². The fourth-order valence-electron chi connectivity index (χ4n) is 13.7. The van der Waals surface area contributed by atoms with E-state index in [0.29, 0.717) is 0 Å². The first-order chi connectivity index (χ1) is 33.5. The summed E-state index contributed by atoms with van der Waals surface area (Å²) >= 11 is 0. The molecule has 0 radical (unpaired) electrons. The Labute approximate surface area is 402 Å². The predicted molar refractivity (Wildman–Crippen MR) is 293 cm³/mol. The molecule has 0 N–H and O–H groups in total. The molecule has 1 aliphatic heterocycles. The van der Waals surface area contributed by atoms with Gasteiger partial charge in [-0.1, -0.05) is 175 Å². The lowest BCUT2D eigenvalue weighted by atomic mass is 9.71. The monoisotopic (exact) mass is 882 g/mol. The molecule has 2 heterocycles. The van der Waals surface area contributed by atoms with Gasteiger partial charge in [-0.25, -0.2) is 0 Å². The Morgan fingerprint density at radius 3 is 1.61 bits per heavy atom. The van der Waals surface area contributed by atoms with Crippen molar-refractivity contribution >= 4 is 82.0 Å². The van der Waals surface area contributed by atoms with Gasteiger partial charge in [-0.3, -0.25) is 0 Å². The van der Waals surface area contributed by atoms with Gasteiger partial charge in [-0.15, -0.1) is 0 Å². The molecule has 2 aliphatic carbocycles. The lowest BCUT2D eigenvalue weighted by Gasteiger charge is -2.43. The fourth-order valence-corrected chi connectivity index (χ4v) is 13.7. The predicted octanol–water partition coefficient (Wildman–Crippen LogP) is 18.1. The van der Waals surface area contributed by atoms with Crippen LogP contribution in [0.15, 0.2) is 194 Å². The molecule has 0 saturated carbocycles. The maximum atomic E-state index is 2.60. The van der Waals surface area contributed by atoms with Crippen LogP contribution in [-0.2, 0) is 16.2 Å². The highest BCUT2D eigenvalue weighted by Gasteiger charge is 2.44. The zero-order valence-corrected chi connectivity index (χ0v) is 39.9. The van der Waals surface area contributed by atoms with E-state index in [-0.39, 0.29) is 16.2 Å². The second kappa shape index (κ2) is 13.2. The van der Waals surface area contributed by atoms with Crippen LogP contribution in [0.5, 0.6) is 0 Å². The Balaban J connectivity index is 0.995. The van der Waals surface area contributed by atoms with Gasteiger partial charge in [-0.2, -0.15) is 0 Å². The van der Waals surface area contributed by atoms with E-state index in [1.807, 2.05) is 0 Å². The molecule has 0 unspecified atom stereocenters. The molecule has 0 bridgehead atoms. The van der Waals surface area contributed by atoms with E-state index < -0.39 is 0 Å². The van der Waals surface area contributed by atoms with Crippen LogP contribution in [0.3, 0.4) is 0 Å². The Morgan fingerprint density at radius 2 is 0.855 bits per heavy atom. The summed E-state index contributed by atoms with van der Waals surface area (Å²) in [6.07, 6.45) is 0. The second-order valence-electron chi connectivity index (χ2n) is 21.7. The zero-order valence-electron chi connectivity index (χ0n) is 39.9. The summed E-state index contributed by atoms with van der Waals surface area (Å²) in [6, 6.07) is 74.1. The number of para-hydroxylation sites is 1. The van der Waals surface area contributed by atoms with Crippen molar-refractivity contribution in [2.45, 2.75) is 57.8 Å². The van der Waals surface area contributed by atoms with E-state index in [1.165, 1.54) is 132 Å². The first-order valence-electron chi connectivity index (χ1n) is 24.7. The number of benzene rings is 11. The highest BCUT2D eigenvalue weighted by molar-refractivity contribution is 6.26. The summed E-state index contributed by atoms with van der Waals surface area (Å²) in [5, 5.41) is 13.0. The summed E-state index contributed by atoms with van der Waals surface area (Å²) in [6.45, 7) is 14.6. The Bertz CT molecular complexity index is 4290. The number of hydrogen-bond acceptors (Lipinski definition) is 1. The average Bonchev–Trinajstić information content (AvgIpc) is 3.91. The van der Waals surface area contributed by atoms with Crippen LogP contribution in [0.2, 0.25) is 0 Å². The minimum absolute atomic E-state index is 0.177. The smallest absolute Gasteiger partial charge is 0.0588 e. The van der Waals surface area contributed by atoms with Crippen molar-refractivity contribution in [3.63, 3.8) is 0 Å². The summed E-state index contributed by atoms with van der Waals surface area (Å²) in [7, 11) is 0. The van der Waals surface area contributed by atoms with Crippen LogP contribution in [-0.4, -0.2) is 4.57 Å². The van der Waals surface area contributed by atoms with Crippen molar-refractivity contribution in [2.75, 3.05) is 4.90 Å². The summed E-state index contributed by atoms with van der Waals surface area (Å²) in [4.78, 5) is 2.60. The number of nitrogens with zero attached hydrogens (tertiary/aromatic N) is 2. The zero-order chi connectivity index (χ0) is 46.3. The molecule has 0 saturated heterocycles. The van der Waals surface area contributed by atoms with Gasteiger partial charge < -0.3 is 9.47 Å². The third kappa shape index (κ3) is 4.96. The average molecular weight is 883 g/mol.